The summed E-state index contributed by atoms with van der Waals surface area (Å²) in [6, 6.07) is 3.28. The van der Waals surface area contributed by atoms with Crippen LogP contribution in [0, 0.1) is 6.92 Å². The van der Waals surface area contributed by atoms with Crippen molar-refractivity contribution in [2.45, 2.75) is 40.2 Å². The molecule has 1 rings (SSSR count). The second-order valence-electron chi connectivity index (χ2n) is 5.14. The highest BCUT2D eigenvalue weighted by Gasteiger charge is 2.16. The van der Waals surface area contributed by atoms with Crippen LogP contribution in [-0.4, -0.2) is 22.6 Å². The third-order valence-electron chi connectivity index (χ3n) is 2.03. The van der Waals surface area contributed by atoms with Crippen LogP contribution in [0.5, 0.6) is 0 Å². The molecular weight excluding hydrogens is 246 g/mol. The summed E-state index contributed by atoms with van der Waals surface area (Å²) in [6.45, 7) is 8.51. The molecule has 0 unspecified atom stereocenters. The van der Waals surface area contributed by atoms with E-state index in [-0.39, 0.29) is 5.91 Å². The molecule has 0 saturated heterocycles. The fraction of sp³-hybridized carbons (Fsp3) is 0.462. The Balaban J connectivity index is 2.73. The Bertz CT molecular complexity index is 492. The number of aryl methyl sites for hydroxylation is 1. The maximum absolute atomic E-state index is 11.6. The van der Waals surface area contributed by atoms with Crippen molar-refractivity contribution >= 4 is 23.5 Å². The summed E-state index contributed by atoms with van der Waals surface area (Å²) in [4.78, 5) is 26.7. The molecule has 0 aromatic carbocycles. The summed E-state index contributed by atoms with van der Waals surface area (Å²) in [5.74, 6) is 0.207. The van der Waals surface area contributed by atoms with Gasteiger partial charge in [-0.05, 0) is 39.8 Å². The number of rotatable bonds is 2. The van der Waals surface area contributed by atoms with Crippen LogP contribution >= 0.6 is 0 Å². The van der Waals surface area contributed by atoms with Gasteiger partial charge in [0.05, 0.1) is 11.4 Å². The average Bonchev–Trinajstić information content (AvgIpc) is 2.18. The quantitative estimate of drug-likeness (QED) is 0.861. The number of aromatic nitrogens is 1. The molecule has 1 aromatic heterocycles. The minimum Gasteiger partial charge on any atom is -0.444 e. The molecule has 1 aromatic rings. The first-order chi connectivity index (χ1) is 8.67. The maximum Gasteiger partial charge on any atom is 0.413 e. The molecule has 0 spiro atoms. The predicted octanol–water partition coefficient (Wildman–Crippen LogP) is 2.70. The number of amides is 2. The Kier molecular flexibility index (Phi) is 4.47. The van der Waals surface area contributed by atoms with E-state index in [0.717, 1.165) is 0 Å². The summed E-state index contributed by atoms with van der Waals surface area (Å²) in [5, 5.41) is 5.18. The summed E-state index contributed by atoms with van der Waals surface area (Å²) in [7, 11) is 0. The van der Waals surface area contributed by atoms with E-state index in [1.807, 2.05) is 0 Å². The van der Waals surface area contributed by atoms with E-state index in [4.69, 9.17) is 4.74 Å². The van der Waals surface area contributed by atoms with Crippen LogP contribution in [-0.2, 0) is 9.53 Å². The van der Waals surface area contributed by atoms with Gasteiger partial charge in [0.15, 0.2) is 0 Å². The van der Waals surface area contributed by atoms with Gasteiger partial charge in [-0.2, -0.15) is 0 Å². The molecule has 0 aliphatic rings. The summed E-state index contributed by atoms with van der Waals surface area (Å²) < 4.78 is 5.12. The van der Waals surface area contributed by atoms with Crippen LogP contribution in [0.2, 0.25) is 0 Å². The summed E-state index contributed by atoms with van der Waals surface area (Å²) in [6.07, 6.45) is -0.563. The zero-order chi connectivity index (χ0) is 14.6. The number of hydrogen-bond donors (Lipinski definition) is 2. The van der Waals surface area contributed by atoms with Crippen molar-refractivity contribution in [2.75, 3.05) is 10.6 Å². The van der Waals surface area contributed by atoms with Gasteiger partial charge in [-0.3, -0.25) is 10.1 Å². The van der Waals surface area contributed by atoms with Crippen LogP contribution in [0.3, 0.4) is 0 Å². The highest BCUT2D eigenvalue weighted by atomic mass is 16.6. The van der Waals surface area contributed by atoms with Gasteiger partial charge in [-0.1, -0.05) is 0 Å². The van der Waals surface area contributed by atoms with E-state index in [0.29, 0.717) is 17.2 Å². The SMILES string of the molecule is CC(=O)Nc1ccc(NC(=O)OC(C)(C)C)nc1C. The third-order valence-corrected chi connectivity index (χ3v) is 2.03. The molecule has 0 bridgehead atoms. The number of nitrogens with zero attached hydrogens (tertiary/aromatic N) is 1. The minimum absolute atomic E-state index is 0.169. The number of carbonyl (C=O) groups excluding carboxylic acids is 2. The Morgan fingerprint density at radius 3 is 2.32 bits per heavy atom. The third kappa shape index (κ3) is 5.37. The minimum atomic E-state index is -0.563. The van der Waals surface area contributed by atoms with E-state index in [1.165, 1.54) is 6.92 Å². The molecule has 6 nitrogen and oxygen atoms in total. The van der Waals surface area contributed by atoms with Gasteiger partial charge < -0.3 is 10.1 Å². The Hall–Kier alpha value is -2.11. The Morgan fingerprint density at radius 2 is 1.84 bits per heavy atom. The molecule has 2 amide bonds. The maximum atomic E-state index is 11.6. The Labute approximate surface area is 112 Å². The van der Waals surface area contributed by atoms with Gasteiger partial charge in [0, 0.05) is 6.92 Å². The fourth-order valence-corrected chi connectivity index (χ4v) is 1.36. The molecule has 0 fully saturated rings. The lowest BCUT2D eigenvalue weighted by Crippen LogP contribution is -2.27. The average molecular weight is 265 g/mol. The molecule has 0 aliphatic heterocycles. The highest BCUT2D eigenvalue weighted by molar-refractivity contribution is 5.90. The number of anilines is 2. The molecule has 0 saturated carbocycles. The van der Waals surface area contributed by atoms with Gasteiger partial charge in [-0.25, -0.2) is 9.78 Å². The van der Waals surface area contributed by atoms with Gasteiger partial charge in [-0.15, -0.1) is 0 Å². The molecule has 104 valence electrons. The van der Waals surface area contributed by atoms with Crippen molar-refractivity contribution in [1.29, 1.82) is 0 Å². The molecule has 6 heteroatoms. The lowest BCUT2D eigenvalue weighted by molar-refractivity contribution is -0.114. The molecule has 1 heterocycles. The van der Waals surface area contributed by atoms with Crippen molar-refractivity contribution in [2.24, 2.45) is 0 Å². The van der Waals surface area contributed by atoms with Crippen LogP contribution in [0.25, 0.3) is 0 Å². The molecule has 0 aliphatic carbocycles. The zero-order valence-corrected chi connectivity index (χ0v) is 11.8. The molecule has 0 radical (unpaired) electrons. The summed E-state index contributed by atoms with van der Waals surface area (Å²) >= 11 is 0. The molecular formula is C13H19N3O3. The first-order valence-electron chi connectivity index (χ1n) is 5.92. The van der Waals surface area contributed by atoms with Gasteiger partial charge in [0.2, 0.25) is 5.91 Å². The fourth-order valence-electron chi connectivity index (χ4n) is 1.36. The number of pyridine rings is 1. The van der Waals surface area contributed by atoms with Gasteiger partial charge in [0.1, 0.15) is 11.4 Å². The number of nitrogens with one attached hydrogen (secondary N) is 2. The molecule has 0 atom stereocenters. The molecule has 2 N–H and O–H groups in total. The first-order valence-corrected chi connectivity index (χ1v) is 5.92. The van der Waals surface area contributed by atoms with Crippen molar-refractivity contribution in [1.82, 2.24) is 4.98 Å². The Morgan fingerprint density at radius 1 is 1.21 bits per heavy atom. The number of ether oxygens (including phenoxy) is 1. The van der Waals surface area contributed by atoms with E-state index in [9.17, 15) is 9.59 Å². The first kappa shape index (κ1) is 14.9. The number of hydrogen-bond acceptors (Lipinski definition) is 4. The van der Waals surface area contributed by atoms with Gasteiger partial charge in [0.25, 0.3) is 0 Å². The van der Waals surface area contributed by atoms with Crippen molar-refractivity contribution in [3.63, 3.8) is 0 Å². The van der Waals surface area contributed by atoms with Crippen LogP contribution in [0.1, 0.15) is 33.4 Å². The highest BCUT2D eigenvalue weighted by Crippen LogP contribution is 2.16. The smallest absolute Gasteiger partial charge is 0.413 e. The van der Waals surface area contributed by atoms with Crippen LogP contribution in [0.15, 0.2) is 12.1 Å². The van der Waals surface area contributed by atoms with E-state index >= 15 is 0 Å². The lowest BCUT2D eigenvalue weighted by Gasteiger charge is -2.19. The van der Waals surface area contributed by atoms with Crippen molar-refractivity contribution in [3.05, 3.63) is 17.8 Å². The van der Waals surface area contributed by atoms with E-state index in [2.05, 4.69) is 15.6 Å². The zero-order valence-electron chi connectivity index (χ0n) is 11.8. The van der Waals surface area contributed by atoms with Crippen LogP contribution < -0.4 is 10.6 Å². The monoisotopic (exact) mass is 265 g/mol. The second-order valence-corrected chi connectivity index (χ2v) is 5.14. The standard InChI is InChI=1S/C13H19N3O3/c1-8-10(15-9(2)17)6-7-11(14-8)16-12(18)19-13(3,4)5/h6-7H,1-5H3,(H,15,17)(H,14,16,18). The van der Waals surface area contributed by atoms with E-state index < -0.39 is 11.7 Å². The lowest BCUT2D eigenvalue weighted by atomic mass is 10.2. The van der Waals surface area contributed by atoms with Crippen LogP contribution in [0.4, 0.5) is 16.3 Å². The van der Waals surface area contributed by atoms with Crippen molar-refractivity contribution in [3.8, 4) is 0 Å². The number of carbonyl (C=O) groups is 2. The normalized spacial score (nSPS) is 10.8. The van der Waals surface area contributed by atoms with Crippen molar-refractivity contribution < 1.29 is 14.3 Å². The second kappa shape index (κ2) is 5.69. The summed E-state index contributed by atoms with van der Waals surface area (Å²) in [5.41, 5.74) is 0.668. The molecule has 19 heavy (non-hydrogen) atoms. The topological polar surface area (TPSA) is 80.3 Å². The predicted molar refractivity (Wildman–Crippen MR) is 73.1 cm³/mol. The largest absolute Gasteiger partial charge is 0.444 e. The van der Waals surface area contributed by atoms with E-state index in [1.54, 1.807) is 39.8 Å². The van der Waals surface area contributed by atoms with Gasteiger partial charge >= 0.3 is 6.09 Å².